The monoisotopic (exact) mass is 268 g/mol. The van der Waals surface area contributed by atoms with Crippen molar-refractivity contribution in [2.75, 3.05) is 14.2 Å². The second kappa shape index (κ2) is 10.4. The molecule has 4 nitrogen and oxygen atoms in total. The predicted molar refractivity (Wildman–Crippen MR) is 74.6 cm³/mol. The average molecular weight is 268 g/mol. The Morgan fingerprint density at radius 1 is 1.21 bits per heavy atom. The molecule has 0 spiro atoms. The Kier molecular flexibility index (Phi) is 9.49. The molecule has 0 heterocycles. The molecule has 0 amide bonds. The fraction of sp³-hybridized carbons (Fsp3) is 0.600. The van der Waals surface area contributed by atoms with Crippen molar-refractivity contribution in [3.8, 4) is 0 Å². The standard InChI is InChI=1S/C15H24O4/c1-5-7-8-9-11-13(15(17)19-4)12(10-6-2)14(16)18-3/h6,11-12H,2,5,7-10H2,1,3-4H3/b13-11+. The maximum absolute atomic E-state index is 11.8. The maximum atomic E-state index is 11.8. The van der Waals surface area contributed by atoms with Crippen LogP contribution in [0.1, 0.15) is 39.0 Å². The second-order valence-corrected chi connectivity index (χ2v) is 4.25. The van der Waals surface area contributed by atoms with Gasteiger partial charge in [0.05, 0.1) is 20.1 Å². The Balaban J connectivity index is 5.00. The van der Waals surface area contributed by atoms with Gasteiger partial charge in [-0.15, -0.1) is 6.58 Å². The van der Waals surface area contributed by atoms with Crippen molar-refractivity contribution in [2.45, 2.75) is 39.0 Å². The van der Waals surface area contributed by atoms with Crippen LogP contribution in [0.5, 0.6) is 0 Å². The number of esters is 2. The molecular formula is C15H24O4. The highest BCUT2D eigenvalue weighted by Crippen LogP contribution is 2.20. The molecule has 0 N–H and O–H groups in total. The van der Waals surface area contributed by atoms with E-state index in [1.807, 2.05) is 0 Å². The molecule has 0 fully saturated rings. The molecule has 0 aromatic heterocycles. The van der Waals surface area contributed by atoms with Gasteiger partial charge in [0.15, 0.2) is 0 Å². The van der Waals surface area contributed by atoms with Crippen LogP contribution in [-0.4, -0.2) is 26.2 Å². The molecule has 0 aromatic carbocycles. The molecule has 0 saturated heterocycles. The molecular weight excluding hydrogens is 244 g/mol. The molecule has 0 rings (SSSR count). The average Bonchev–Trinajstić information content (AvgIpc) is 2.44. The van der Waals surface area contributed by atoms with Gasteiger partial charge in [0.2, 0.25) is 0 Å². The van der Waals surface area contributed by atoms with Crippen LogP contribution in [-0.2, 0) is 19.1 Å². The van der Waals surface area contributed by atoms with Gasteiger partial charge in [0.25, 0.3) is 0 Å². The van der Waals surface area contributed by atoms with Crippen molar-refractivity contribution >= 4 is 11.9 Å². The Morgan fingerprint density at radius 3 is 2.37 bits per heavy atom. The second-order valence-electron chi connectivity index (χ2n) is 4.25. The SMILES string of the molecule is C=CCC(C(=O)OC)/C(=C\CCCCC)C(=O)OC. The van der Waals surface area contributed by atoms with Crippen LogP contribution in [0.3, 0.4) is 0 Å². The third kappa shape index (κ3) is 6.22. The number of hydrogen-bond donors (Lipinski definition) is 0. The zero-order chi connectivity index (χ0) is 14.7. The first-order valence-corrected chi connectivity index (χ1v) is 6.59. The van der Waals surface area contributed by atoms with Gasteiger partial charge in [-0.2, -0.15) is 0 Å². The molecule has 0 radical (unpaired) electrons. The molecule has 1 atom stereocenters. The Labute approximate surface area is 115 Å². The number of rotatable bonds is 9. The zero-order valence-electron chi connectivity index (χ0n) is 12.1. The fourth-order valence-corrected chi connectivity index (χ4v) is 1.80. The van der Waals surface area contributed by atoms with E-state index in [2.05, 4.69) is 13.5 Å². The van der Waals surface area contributed by atoms with E-state index in [4.69, 9.17) is 9.47 Å². The van der Waals surface area contributed by atoms with E-state index in [1.54, 1.807) is 12.2 Å². The summed E-state index contributed by atoms with van der Waals surface area (Å²) in [6, 6.07) is 0. The van der Waals surface area contributed by atoms with Gasteiger partial charge in [-0.1, -0.05) is 31.9 Å². The molecule has 0 saturated carbocycles. The van der Waals surface area contributed by atoms with Crippen LogP contribution in [0, 0.1) is 5.92 Å². The third-order valence-electron chi connectivity index (χ3n) is 2.86. The van der Waals surface area contributed by atoms with Gasteiger partial charge in [-0.25, -0.2) is 4.79 Å². The largest absolute Gasteiger partial charge is 0.469 e. The highest BCUT2D eigenvalue weighted by molar-refractivity contribution is 5.95. The number of carbonyl (C=O) groups excluding carboxylic acids is 2. The van der Waals surface area contributed by atoms with Gasteiger partial charge in [0, 0.05) is 5.57 Å². The van der Waals surface area contributed by atoms with Gasteiger partial charge < -0.3 is 9.47 Å². The molecule has 1 unspecified atom stereocenters. The van der Waals surface area contributed by atoms with E-state index in [1.165, 1.54) is 14.2 Å². The maximum Gasteiger partial charge on any atom is 0.334 e. The Morgan fingerprint density at radius 2 is 1.89 bits per heavy atom. The van der Waals surface area contributed by atoms with Crippen molar-refractivity contribution in [3.63, 3.8) is 0 Å². The minimum Gasteiger partial charge on any atom is -0.469 e. The quantitative estimate of drug-likeness (QED) is 0.279. The van der Waals surface area contributed by atoms with Crippen LogP contribution in [0.15, 0.2) is 24.3 Å². The summed E-state index contributed by atoms with van der Waals surface area (Å²) in [5, 5.41) is 0. The van der Waals surface area contributed by atoms with Crippen molar-refractivity contribution in [1.82, 2.24) is 0 Å². The lowest BCUT2D eigenvalue weighted by Crippen LogP contribution is -2.23. The number of hydrogen-bond acceptors (Lipinski definition) is 4. The van der Waals surface area contributed by atoms with Crippen LogP contribution in [0.2, 0.25) is 0 Å². The third-order valence-corrected chi connectivity index (χ3v) is 2.86. The molecule has 19 heavy (non-hydrogen) atoms. The summed E-state index contributed by atoms with van der Waals surface area (Å²) < 4.78 is 9.47. The molecule has 4 heteroatoms. The summed E-state index contributed by atoms with van der Waals surface area (Å²) in [5.41, 5.74) is 0.366. The number of methoxy groups -OCH3 is 2. The van der Waals surface area contributed by atoms with Crippen molar-refractivity contribution in [3.05, 3.63) is 24.3 Å². The summed E-state index contributed by atoms with van der Waals surface area (Å²) in [5.74, 6) is -1.54. The first-order valence-electron chi connectivity index (χ1n) is 6.59. The molecule has 0 aliphatic heterocycles. The van der Waals surface area contributed by atoms with Crippen molar-refractivity contribution in [1.29, 1.82) is 0 Å². The number of carbonyl (C=O) groups is 2. The van der Waals surface area contributed by atoms with Crippen molar-refractivity contribution in [2.24, 2.45) is 5.92 Å². The molecule has 0 aliphatic carbocycles. The summed E-state index contributed by atoms with van der Waals surface area (Å²) in [4.78, 5) is 23.5. The van der Waals surface area contributed by atoms with Crippen LogP contribution in [0.25, 0.3) is 0 Å². The summed E-state index contributed by atoms with van der Waals surface area (Å²) >= 11 is 0. The van der Waals surface area contributed by atoms with Gasteiger partial charge >= 0.3 is 11.9 Å². The summed E-state index contributed by atoms with van der Waals surface area (Å²) in [6.07, 6.45) is 7.68. The number of unbranched alkanes of at least 4 members (excludes halogenated alkanes) is 3. The number of allylic oxidation sites excluding steroid dienone is 2. The molecule has 0 aliphatic rings. The van der Waals surface area contributed by atoms with E-state index in [-0.39, 0.29) is 0 Å². The van der Waals surface area contributed by atoms with Gasteiger partial charge in [0.1, 0.15) is 0 Å². The smallest absolute Gasteiger partial charge is 0.334 e. The lowest BCUT2D eigenvalue weighted by atomic mass is 9.94. The topological polar surface area (TPSA) is 52.6 Å². The molecule has 0 aromatic rings. The van der Waals surface area contributed by atoms with Gasteiger partial charge in [-0.3, -0.25) is 4.79 Å². The normalized spacial score (nSPS) is 12.7. The summed E-state index contributed by atoms with van der Waals surface area (Å²) in [6.45, 7) is 5.72. The summed E-state index contributed by atoms with van der Waals surface area (Å²) in [7, 11) is 2.62. The van der Waals surface area contributed by atoms with Crippen LogP contribution in [0.4, 0.5) is 0 Å². The first-order chi connectivity index (χ1) is 9.12. The van der Waals surface area contributed by atoms with E-state index in [0.717, 1.165) is 25.7 Å². The minimum atomic E-state index is -0.628. The minimum absolute atomic E-state index is 0.362. The highest BCUT2D eigenvalue weighted by atomic mass is 16.5. The van der Waals surface area contributed by atoms with Crippen LogP contribution >= 0.6 is 0 Å². The van der Waals surface area contributed by atoms with E-state index < -0.39 is 17.9 Å². The fourth-order valence-electron chi connectivity index (χ4n) is 1.80. The first kappa shape index (κ1) is 17.4. The number of ether oxygens (including phenoxy) is 2. The highest BCUT2D eigenvalue weighted by Gasteiger charge is 2.27. The van der Waals surface area contributed by atoms with Crippen molar-refractivity contribution < 1.29 is 19.1 Å². The van der Waals surface area contributed by atoms with E-state index in [0.29, 0.717) is 12.0 Å². The Bertz CT molecular complexity index is 331. The lowest BCUT2D eigenvalue weighted by molar-refractivity contribution is -0.147. The molecule has 108 valence electrons. The van der Waals surface area contributed by atoms with Gasteiger partial charge in [-0.05, 0) is 19.3 Å². The molecule has 0 bridgehead atoms. The van der Waals surface area contributed by atoms with E-state index >= 15 is 0 Å². The zero-order valence-corrected chi connectivity index (χ0v) is 12.1. The van der Waals surface area contributed by atoms with E-state index in [9.17, 15) is 9.59 Å². The van der Waals surface area contributed by atoms with Crippen LogP contribution < -0.4 is 0 Å². The lowest BCUT2D eigenvalue weighted by Gasteiger charge is -2.15. The Hall–Kier alpha value is -1.58. The predicted octanol–water partition coefficient (Wildman–Crippen LogP) is 3.03.